The average molecular weight is 510 g/mol. The number of carboxylic acid groups (broad SMARTS) is 1. The molecule has 0 aromatic heterocycles. The van der Waals surface area contributed by atoms with Crippen molar-refractivity contribution in [3.8, 4) is 5.75 Å². The van der Waals surface area contributed by atoms with E-state index in [9.17, 15) is 24.6 Å². The van der Waals surface area contributed by atoms with Crippen molar-refractivity contribution < 1.29 is 54.2 Å². The van der Waals surface area contributed by atoms with Gasteiger partial charge in [0, 0.05) is 21.5 Å². The number of phenols is 1. The van der Waals surface area contributed by atoms with Crippen LogP contribution in [-0.4, -0.2) is 56.2 Å². The second-order valence-corrected chi connectivity index (χ2v) is 10.6. The van der Waals surface area contributed by atoms with E-state index in [0.29, 0.717) is 16.1 Å². The number of phenolic OH excluding ortho intramolecular Hbond substituents is 1. The van der Waals surface area contributed by atoms with Crippen LogP contribution in [0.15, 0.2) is 53.5 Å². The molecule has 172 valence electrons. The zero-order valence-electron chi connectivity index (χ0n) is 18.8. The van der Waals surface area contributed by atoms with E-state index in [1.807, 2.05) is 0 Å². The van der Waals surface area contributed by atoms with Crippen molar-refractivity contribution in [2.24, 2.45) is 4.99 Å². The number of halogens is 1. The van der Waals surface area contributed by atoms with Gasteiger partial charge in [-0.15, -0.1) is 11.8 Å². The third-order valence-corrected chi connectivity index (χ3v) is 7.48. The summed E-state index contributed by atoms with van der Waals surface area (Å²) in [6.07, 6.45) is 1.35. The maximum Gasteiger partial charge on any atom is 1.00 e. The molecule has 2 aromatic rings. The predicted molar refractivity (Wildman–Crippen MR) is 123 cm³/mol. The number of nitrogens with one attached hydrogen (secondary N) is 1. The maximum absolute atomic E-state index is 13.2. The van der Waals surface area contributed by atoms with Crippen LogP contribution < -0.4 is 40.0 Å². The molecule has 2 saturated heterocycles. The van der Waals surface area contributed by atoms with Gasteiger partial charge >= 0.3 is 29.6 Å². The van der Waals surface area contributed by atoms with Gasteiger partial charge in [0.15, 0.2) is 6.04 Å². The van der Waals surface area contributed by atoms with Crippen LogP contribution in [0.4, 0.5) is 0 Å². The van der Waals surface area contributed by atoms with Crippen LogP contribution in [0.25, 0.3) is 0 Å². The van der Waals surface area contributed by atoms with Gasteiger partial charge in [-0.3, -0.25) is 14.6 Å². The van der Waals surface area contributed by atoms with Crippen LogP contribution in [0.1, 0.15) is 31.0 Å². The number of β-lactam (4-membered cyclic amide) rings is 1. The Morgan fingerprint density at radius 1 is 1.26 bits per heavy atom. The van der Waals surface area contributed by atoms with E-state index in [1.165, 1.54) is 41.1 Å². The predicted octanol–water partition coefficient (Wildman–Crippen LogP) is -1.49. The van der Waals surface area contributed by atoms with E-state index < -0.39 is 46.0 Å². The zero-order chi connectivity index (χ0) is 23.9. The molecule has 2 heterocycles. The minimum absolute atomic E-state index is 0. The third-order valence-electron chi connectivity index (χ3n) is 5.68. The fourth-order valence-corrected chi connectivity index (χ4v) is 5.88. The number of carbonyl (C=O) groups is 3. The van der Waals surface area contributed by atoms with Crippen molar-refractivity contribution in [1.29, 1.82) is 0 Å². The standard InChI is InChI=1S/C23H22ClN3O5S.Na/c1-23(2)18(22(31)32)27-20(30)17(21(27)33-23)26-19(29)16(12-6-4-3-5-7-12)25-11-13-10-14(24)8-9-15(13)28;/h3-11,16-18,21,28H,1-2H3,(H,26,29)(H,31,32);/q;+1/p-1/t16?,17-,18+,21-;/m1./s1. The van der Waals surface area contributed by atoms with Crippen molar-refractivity contribution in [3.63, 3.8) is 0 Å². The SMILES string of the molecule is CC1(C)S[C@@H]2[C@H](NC(=O)C(N=Cc3cc(Cl)ccc3O)c3ccccc3)C(=O)N2[C@H]1C(=O)[O-].[Na+]. The molecule has 2 fully saturated rings. The molecule has 0 radical (unpaired) electrons. The molecular weight excluding hydrogens is 489 g/mol. The molecular formula is C23H21ClN3NaO5S. The summed E-state index contributed by atoms with van der Waals surface area (Å²) in [6, 6.07) is 10.3. The Bertz CT molecular complexity index is 1150. The molecule has 2 aliphatic rings. The number of thioether (sulfide) groups is 1. The molecule has 2 amide bonds. The first-order valence-electron chi connectivity index (χ1n) is 10.2. The molecule has 4 atom stereocenters. The number of nitrogens with zero attached hydrogens (tertiary/aromatic N) is 2. The molecule has 2 N–H and O–H groups in total. The third kappa shape index (κ3) is 4.99. The Morgan fingerprint density at radius 2 is 1.94 bits per heavy atom. The Morgan fingerprint density at radius 3 is 2.59 bits per heavy atom. The summed E-state index contributed by atoms with van der Waals surface area (Å²) >= 11 is 7.30. The van der Waals surface area contributed by atoms with Crippen LogP contribution in [-0.2, 0) is 14.4 Å². The molecule has 0 spiro atoms. The summed E-state index contributed by atoms with van der Waals surface area (Å²) in [5, 5.41) is 24.3. The number of aliphatic carboxylic acids is 1. The molecule has 11 heteroatoms. The van der Waals surface area contributed by atoms with Gasteiger partial charge in [-0.25, -0.2) is 0 Å². The summed E-state index contributed by atoms with van der Waals surface area (Å²) in [6.45, 7) is 3.47. The molecule has 0 bridgehead atoms. The minimum Gasteiger partial charge on any atom is -0.548 e. The van der Waals surface area contributed by atoms with Gasteiger partial charge in [-0.1, -0.05) is 41.9 Å². The van der Waals surface area contributed by atoms with Crippen LogP contribution >= 0.6 is 23.4 Å². The Hall–Kier alpha value is -2.04. The van der Waals surface area contributed by atoms with Gasteiger partial charge in [0.25, 0.3) is 0 Å². The summed E-state index contributed by atoms with van der Waals surface area (Å²) in [7, 11) is 0. The first-order chi connectivity index (χ1) is 15.6. The minimum atomic E-state index is -1.32. The summed E-state index contributed by atoms with van der Waals surface area (Å²) in [5.41, 5.74) is 0.926. The Kier molecular flexibility index (Phi) is 8.04. The van der Waals surface area contributed by atoms with Crippen molar-refractivity contribution in [2.45, 2.75) is 42.1 Å². The topological polar surface area (TPSA) is 122 Å². The van der Waals surface area contributed by atoms with Crippen LogP contribution in [0.2, 0.25) is 5.02 Å². The van der Waals surface area contributed by atoms with E-state index in [2.05, 4.69) is 10.3 Å². The molecule has 2 aromatic carbocycles. The second kappa shape index (κ2) is 10.3. The van der Waals surface area contributed by atoms with Gasteiger partial charge in [-0.05, 0) is 37.6 Å². The maximum atomic E-state index is 13.2. The molecule has 0 aliphatic carbocycles. The second-order valence-electron chi connectivity index (χ2n) is 8.36. The van der Waals surface area contributed by atoms with Gasteiger partial charge in [-0.2, -0.15) is 0 Å². The molecule has 1 unspecified atom stereocenters. The normalized spacial score (nSPS) is 23.6. The Labute approximate surface area is 228 Å². The van der Waals surface area contributed by atoms with E-state index in [4.69, 9.17) is 11.6 Å². The largest absolute Gasteiger partial charge is 1.00 e. The van der Waals surface area contributed by atoms with Gasteiger partial charge in [0.2, 0.25) is 11.8 Å². The van der Waals surface area contributed by atoms with E-state index in [1.54, 1.807) is 44.2 Å². The number of hydrogen-bond donors (Lipinski definition) is 2. The molecule has 34 heavy (non-hydrogen) atoms. The fourth-order valence-electron chi connectivity index (χ4n) is 4.08. The molecule has 4 rings (SSSR count). The van der Waals surface area contributed by atoms with Crippen molar-refractivity contribution in [3.05, 3.63) is 64.7 Å². The number of aromatic hydroxyl groups is 1. The monoisotopic (exact) mass is 509 g/mol. The smallest absolute Gasteiger partial charge is 0.548 e. The number of rotatable bonds is 6. The fraction of sp³-hybridized carbons (Fsp3) is 0.304. The number of benzene rings is 2. The number of aliphatic imine (C=N–C) groups is 1. The molecule has 8 nitrogen and oxygen atoms in total. The van der Waals surface area contributed by atoms with E-state index >= 15 is 0 Å². The summed E-state index contributed by atoms with van der Waals surface area (Å²) in [5.74, 6) is -2.35. The van der Waals surface area contributed by atoms with Crippen LogP contribution in [0, 0.1) is 0 Å². The van der Waals surface area contributed by atoms with Gasteiger partial charge in [0.1, 0.15) is 17.2 Å². The average Bonchev–Trinajstić information content (AvgIpc) is 3.03. The Balaban J connectivity index is 0.00000324. The van der Waals surface area contributed by atoms with Crippen LogP contribution in [0.5, 0.6) is 5.75 Å². The number of hydrogen-bond acceptors (Lipinski definition) is 7. The number of carbonyl (C=O) groups excluding carboxylic acids is 3. The quantitative estimate of drug-likeness (QED) is 0.278. The van der Waals surface area contributed by atoms with Crippen molar-refractivity contribution >= 4 is 47.4 Å². The molecule has 2 aliphatic heterocycles. The number of fused-ring (bicyclic) bond motifs is 1. The zero-order valence-corrected chi connectivity index (χ0v) is 22.3. The molecule has 0 saturated carbocycles. The first-order valence-corrected chi connectivity index (χ1v) is 11.4. The first kappa shape index (κ1) is 26.6. The van der Waals surface area contributed by atoms with Gasteiger partial charge < -0.3 is 25.2 Å². The van der Waals surface area contributed by atoms with Crippen molar-refractivity contribution in [1.82, 2.24) is 10.2 Å². The number of amides is 2. The number of carboxylic acids is 1. The van der Waals surface area contributed by atoms with E-state index in [-0.39, 0.29) is 35.3 Å². The summed E-state index contributed by atoms with van der Waals surface area (Å²) in [4.78, 5) is 43.2. The van der Waals surface area contributed by atoms with Gasteiger partial charge in [0.05, 0.1) is 12.0 Å². The summed E-state index contributed by atoms with van der Waals surface area (Å²) < 4.78 is -0.750. The van der Waals surface area contributed by atoms with Crippen molar-refractivity contribution in [2.75, 3.05) is 0 Å². The van der Waals surface area contributed by atoms with E-state index in [0.717, 1.165) is 0 Å². The van der Waals surface area contributed by atoms with Crippen LogP contribution in [0.3, 0.4) is 0 Å².